The van der Waals surface area contributed by atoms with E-state index >= 15 is 0 Å². The molecule has 0 radical (unpaired) electrons. The van der Waals surface area contributed by atoms with Gasteiger partial charge in [0.05, 0.1) is 7.11 Å². The molecule has 0 saturated heterocycles. The van der Waals surface area contributed by atoms with E-state index in [9.17, 15) is 0 Å². The van der Waals surface area contributed by atoms with E-state index in [4.69, 9.17) is 4.74 Å². The number of hydrogen-bond donors (Lipinski definition) is 0. The highest BCUT2D eigenvalue weighted by molar-refractivity contribution is 5.50. The second kappa shape index (κ2) is 6.01. The first-order chi connectivity index (χ1) is 11.3. The molecule has 0 bridgehead atoms. The number of nitrogens with zero attached hydrogens (tertiary/aromatic N) is 1. The molecule has 23 heavy (non-hydrogen) atoms. The van der Waals surface area contributed by atoms with Crippen molar-refractivity contribution in [1.82, 2.24) is 4.90 Å². The van der Waals surface area contributed by atoms with E-state index in [2.05, 4.69) is 48.2 Å². The highest BCUT2D eigenvalue weighted by Gasteiger charge is 2.32. The van der Waals surface area contributed by atoms with Crippen LogP contribution in [0.3, 0.4) is 0 Å². The van der Waals surface area contributed by atoms with Crippen LogP contribution in [0.15, 0.2) is 36.4 Å². The minimum atomic E-state index is 0.531. The molecule has 0 spiro atoms. The van der Waals surface area contributed by atoms with Crippen LogP contribution in [-0.2, 0) is 19.3 Å². The molecule has 1 aliphatic heterocycles. The molecule has 0 saturated carbocycles. The summed E-state index contributed by atoms with van der Waals surface area (Å²) in [7, 11) is 1.78. The summed E-state index contributed by atoms with van der Waals surface area (Å²) >= 11 is 0. The van der Waals surface area contributed by atoms with Gasteiger partial charge in [0.25, 0.3) is 0 Å². The lowest BCUT2D eigenvalue weighted by Gasteiger charge is -2.38. The molecule has 1 heterocycles. The molecule has 2 aromatic rings. The first kappa shape index (κ1) is 14.8. The fourth-order valence-corrected chi connectivity index (χ4v) is 4.38. The van der Waals surface area contributed by atoms with Crippen LogP contribution >= 0.6 is 0 Å². The molecule has 1 atom stereocenters. The third-order valence-corrected chi connectivity index (χ3v) is 5.43. The van der Waals surface area contributed by atoms with Crippen molar-refractivity contribution in [3.63, 3.8) is 0 Å². The maximum Gasteiger partial charge on any atom is 0.119 e. The Labute approximate surface area is 139 Å². The molecule has 0 amide bonds. The Bertz CT molecular complexity index is 722. The van der Waals surface area contributed by atoms with Crippen molar-refractivity contribution in [3.8, 4) is 5.75 Å². The second-order valence-electron chi connectivity index (χ2n) is 6.81. The Morgan fingerprint density at radius 1 is 1.09 bits per heavy atom. The molecule has 0 N–H and O–H groups in total. The standard InChI is InChI=1S/C21H25NO/c1-3-9-22-10-8-17-12-19(23-2)13-18-11-15-6-4-5-7-16(15)14-20(22)21(17)18/h4-7,12-13,20H,3,8-11,14H2,1-2H3. The number of rotatable bonds is 3. The average Bonchev–Trinajstić information content (AvgIpc) is 2.74. The number of ether oxygens (including phenoxy) is 1. The van der Waals surface area contributed by atoms with Crippen molar-refractivity contribution in [2.75, 3.05) is 20.2 Å². The molecule has 2 aliphatic rings. The molecular formula is C21H25NO. The SMILES string of the molecule is CCCN1CCc2cc(OC)cc3c2C1Cc1ccccc1C3. The van der Waals surface area contributed by atoms with Gasteiger partial charge in [-0.05, 0) is 72.2 Å². The van der Waals surface area contributed by atoms with Crippen molar-refractivity contribution in [2.24, 2.45) is 0 Å². The smallest absolute Gasteiger partial charge is 0.119 e. The van der Waals surface area contributed by atoms with Crippen LogP contribution < -0.4 is 4.74 Å². The molecule has 4 rings (SSSR count). The Morgan fingerprint density at radius 2 is 1.87 bits per heavy atom. The first-order valence-corrected chi connectivity index (χ1v) is 8.80. The molecule has 2 aromatic carbocycles. The van der Waals surface area contributed by atoms with Crippen molar-refractivity contribution in [1.29, 1.82) is 0 Å². The van der Waals surface area contributed by atoms with Crippen LogP contribution in [0.4, 0.5) is 0 Å². The van der Waals surface area contributed by atoms with Crippen LogP contribution in [0.25, 0.3) is 0 Å². The van der Waals surface area contributed by atoms with Crippen molar-refractivity contribution >= 4 is 0 Å². The third kappa shape index (κ3) is 2.55. The zero-order chi connectivity index (χ0) is 15.8. The van der Waals surface area contributed by atoms with Crippen molar-refractivity contribution in [2.45, 2.75) is 38.6 Å². The summed E-state index contributed by atoms with van der Waals surface area (Å²) in [4.78, 5) is 2.69. The van der Waals surface area contributed by atoms with Gasteiger partial charge in [0.15, 0.2) is 0 Å². The van der Waals surface area contributed by atoms with Gasteiger partial charge < -0.3 is 4.74 Å². The average molecular weight is 307 g/mol. The van der Waals surface area contributed by atoms with Crippen molar-refractivity contribution < 1.29 is 4.74 Å². The summed E-state index contributed by atoms with van der Waals surface area (Å²) in [6.07, 6.45) is 4.54. The summed E-state index contributed by atoms with van der Waals surface area (Å²) in [5.41, 5.74) is 7.55. The maximum absolute atomic E-state index is 5.57. The predicted molar refractivity (Wildman–Crippen MR) is 94.3 cm³/mol. The third-order valence-electron chi connectivity index (χ3n) is 5.43. The van der Waals surface area contributed by atoms with Crippen LogP contribution in [0.2, 0.25) is 0 Å². The topological polar surface area (TPSA) is 12.5 Å². The van der Waals surface area contributed by atoms with Gasteiger partial charge in [-0.3, -0.25) is 4.90 Å². The summed E-state index contributed by atoms with van der Waals surface area (Å²) in [5, 5.41) is 0. The molecule has 120 valence electrons. The van der Waals surface area contributed by atoms with E-state index in [1.165, 1.54) is 41.8 Å². The fourth-order valence-electron chi connectivity index (χ4n) is 4.38. The lowest BCUT2D eigenvalue weighted by atomic mass is 9.86. The monoisotopic (exact) mass is 307 g/mol. The highest BCUT2D eigenvalue weighted by atomic mass is 16.5. The minimum absolute atomic E-state index is 0.531. The van der Waals surface area contributed by atoms with Gasteiger partial charge in [0.1, 0.15) is 5.75 Å². The fraction of sp³-hybridized carbons (Fsp3) is 0.429. The summed E-state index contributed by atoms with van der Waals surface area (Å²) in [5.74, 6) is 1.01. The zero-order valence-electron chi connectivity index (χ0n) is 14.1. The Kier molecular flexibility index (Phi) is 3.86. The van der Waals surface area contributed by atoms with Gasteiger partial charge >= 0.3 is 0 Å². The van der Waals surface area contributed by atoms with Gasteiger partial charge in [0.2, 0.25) is 0 Å². The normalized spacial score (nSPS) is 19.7. The van der Waals surface area contributed by atoms with E-state index in [0.717, 1.165) is 25.0 Å². The number of fused-ring (bicyclic) bond motifs is 1. The van der Waals surface area contributed by atoms with E-state index in [0.29, 0.717) is 6.04 Å². The predicted octanol–water partition coefficient (Wildman–Crippen LogP) is 4.15. The van der Waals surface area contributed by atoms with E-state index < -0.39 is 0 Å². The summed E-state index contributed by atoms with van der Waals surface area (Å²) < 4.78 is 5.57. The molecule has 0 aromatic heterocycles. The van der Waals surface area contributed by atoms with Gasteiger partial charge in [-0.25, -0.2) is 0 Å². The quantitative estimate of drug-likeness (QED) is 0.844. The highest BCUT2D eigenvalue weighted by Crippen LogP contribution is 2.41. The lowest BCUT2D eigenvalue weighted by molar-refractivity contribution is 0.184. The van der Waals surface area contributed by atoms with Crippen LogP contribution in [0.1, 0.15) is 47.2 Å². The second-order valence-corrected chi connectivity index (χ2v) is 6.81. The van der Waals surface area contributed by atoms with Gasteiger partial charge in [-0.15, -0.1) is 0 Å². The Morgan fingerprint density at radius 3 is 2.65 bits per heavy atom. The van der Waals surface area contributed by atoms with Gasteiger partial charge in [-0.1, -0.05) is 31.2 Å². The number of hydrogen-bond acceptors (Lipinski definition) is 2. The number of benzene rings is 2. The zero-order valence-corrected chi connectivity index (χ0v) is 14.1. The van der Waals surface area contributed by atoms with E-state index in [-0.39, 0.29) is 0 Å². The maximum atomic E-state index is 5.57. The Balaban J connectivity index is 1.88. The van der Waals surface area contributed by atoms with Crippen LogP contribution in [0.5, 0.6) is 5.75 Å². The van der Waals surface area contributed by atoms with Crippen LogP contribution in [-0.4, -0.2) is 25.1 Å². The molecular weight excluding hydrogens is 282 g/mol. The minimum Gasteiger partial charge on any atom is -0.497 e. The van der Waals surface area contributed by atoms with Crippen LogP contribution in [0, 0.1) is 0 Å². The van der Waals surface area contributed by atoms with Gasteiger partial charge in [-0.2, -0.15) is 0 Å². The van der Waals surface area contributed by atoms with Gasteiger partial charge in [0, 0.05) is 12.6 Å². The lowest BCUT2D eigenvalue weighted by Crippen LogP contribution is -2.37. The molecule has 1 aliphatic carbocycles. The summed E-state index contributed by atoms with van der Waals surface area (Å²) in [6.45, 7) is 4.65. The molecule has 1 unspecified atom stereocenters. The molecule has 2 heteroatoms. The largest absolute Gasteiger partial charge is 0.497 e. The number of methoxy groups -OCH3 is 1. The summed E-state index contributed by atoms with van der Waals surface area (Å²) in [6, 6.07) is 14.0. The van der Waals surface area contributed by atoms with E-state index in [1.54, 1.807) is 12.7 Å². The molecule has 0 fully saturated rings. The van der Waals surface area contributed by atoms with E-state index in [1.807, 2.05) is 0 Å². The van der Waals surface area contributed by atoms with Crippen molar-refractivity contribution in [3.05, 3.63) is 64.2 Å². The molecule has 2 nitrogen and oxygen atoms in total. The first-order valence-electron chi connectivity index (χ1n) is 8.80. The Hall–Kier alpha value is -1.80.